The van der Waals surface area contributed by atoms with E-state index in [1.807, 2.05) is 0 Å². The number of nitrogens with two attached hydrogens (primary N) is 2. The molecule has 4 N–H and O–H groups in total. The van der Waals surface area contributed by atoms with Gasteiger partial charge in [-0.25, -0.2) is 0 Å². The first-order valence-corrected chi connectivity index (χ1v) is 10.4. The van der Waals surface area contributed by atoms with Crippen molar-refractivity contribution in [2.75, 3.05) is 6.61 Å². The lowest BCUT2D eigenvalue weighted by Crippen LogP contribution is -2.53. The Bertz CT molecular complexity index is 518. The third-order valence-electron chi connectivity index (χ3n) is 7.20. The summed E-state index contributed by atoms with van der Waals surface area (Å²) in [5.41, 5.74) is 12.6. The largest absolute Gasteiger partial charge is 0.378 e. The maximum atomic E-state index is 6.34. The lowest BCUT2D eigenvalue weighted by Gasteiger charge is -2.57. The number of hydrogen-bond donors (Lipinski definition) is 2. The quantitative estimate of drug-likeness (QED) is 0.345. The van der Waals surface area contributed by atoms with Crippen LogP contribution in [0.4, 0.5) is 0 Å². The van der Waals surface area contributed by atoms with Crippen molar-refractivity contribution >= 4 is 11.7 Å². The molecule has 25 heavy (non-hydrogen) atoms. The Labute approximate surface area is 151 Å². The van der Waals surface area contributed by atoms with Crippen LogP contribution < -0.4 is 11.5 Å². The van der Waals surface area contributed by atoms with Crippen LogP contribution in [0.15, 0.2) is 10.2 Å². The van der Waals surface area contributed by atoms with E-state index in [9.17, 15) is 0 Å². The maximum absolute atomic E-state index is 6.34. The first-order chi connectivity index (χ1) is 12.1. The van der Waals surface area contributed by atoms with Crippen molar-refractivity contribution < 1.29 is 4.74 Å². The van der Waals surface area contributed by atoms with Crippen LogP contribution in [-0.4, -0.2) is 24.4 Å². The predicted octanol–water partition coefficient (Wildman–Crippen LogP) is 3.57. The van der Waals surface area contributed by atoms with E-state index in [2.05, 4.69) is 10.2 Å². The molecular weight excluding hydrogens is 312 g/mol. The Morgan fingerprint density at radius 3 is 2.32 bits per heavy atom. The van der Waals surface area contributed by atoms with Gasteiger partial charge in [-0.2, -0.15) is 5.10 Å². The standard InChI is InChI=1S/C20H34N4O/c21-19(22)24-23-18-16-10-14-9-15(11-16)13-20(18,12-14)7-8-25-17-5-3-1-2-4-6-17/h14-17H,1-13H2,(H4,21,22,24)/b23-18+/t14-,15+,16?,20?. The number of guanidine groups is 1. The SMILES string of the molecule is NC(N)=N/N=C1\C2C[C@@H]3C[C@H](C2)CC1(CCOC1CCCCCC1)C3. The zero-order chi connectivity index (χ0) is 17.3. The second kappa shape index (κ2) is 7.26. The van der Waals surface area contributed by atoms with Crippen LogP contribution in [0, 0.1) is 23.2 Å². The van der Waals surface area contributed by atoms with Gasteiger partial charge in [0.05, 0.1) is 11.8 Å². The zero-order valence-electron chi connectivity index (χ0n) is 15.5. The summed E-state index contributed by atoms with van der Waals surface area (Å²) in [6.07, 6.45) is 16.1. The lowest BCUT2D eigenvalue weighted by molar-refractivity contribution is -0.00643. The summed E-state index contributed by atoms with van der Waals surface area (Å²) < 4.78 is 6.34. The fourth-order valence-corrected chi connectivity index (χ4v) is 6.41. The average Bonchev–Trinajstić information content (AvgIpc) is 2.82. The van der Waals surface area contributed by atoms with Crippen LogP contribution in [0.5, 0.6) is 0 Å². The zero-order valence-corrected chi connectivity index (χ0v) is 15.5. The topological polar surface area (TPSA) is 86.0 Å². The molecule has 4 bridgehead atoms. The lowest BCUT2D eigenvalue weighted by atomic mass is 9.48. The van der Waals surface area contributed by atoms with Gasteiger partial charge in [0.1, 0.15) is 0 Å². The highest BCUT2D eigenvalue weighted by atomic mass is 16.5. The van der Waals surface area contributed by atoms with Crippen molar-refractivity contribution in [1.29, 1.82) is 0 Å². The minimum atomic E-state index is 0.0751. The summed E-state index contributed by atoms with van der Waals surface area (Å²) in [5, 5.41) is 8.62. The van der Waals surface area contributed by atoms with Gasteiger partial charge in [0.15, 0.2) is 0 Å². The molecule has 0 aromatic heterocycles. The fourth-order valence-electron chi connectivity index (χ4n) is 6.41. The maximum Gasteiger partial charge on any atom is 0.211 e. The predicted molar refractivity (Wildman–Crippen MR) is 101 cm³/mol. The first-order valence-electron chi connectivity index (χ1n) is 10.4. The highest BCUT2D eigenvalue weighted by Crippen LogP contribution is 2.60. The van der Waals surface area contributed by atoms with E-state index in [0.717, 1.165) is 24.9 Å². The highest BCUT2D eigenvalue weighted by molar-refractivity contribution is 5.94. The van der Waals surface area contributed by atoms with E-state index in [1.165, 1.54) is 76.3 Å². The van der Waals surface area contributed by atoms with Gasteiger partial charge >= 0.3 is 0 Å². The molecule has 0 radical (unpaired) electrons. The van der Waals surface area contributed by atoms with E-state index < -0.39 is 0 Å². The molecule has 0 aromatic rings. The number of hydrogen-bond acceptors (Lipinski definition) is 3. The summed E-state index contributed by atoms with van der Waals surface area (Å²) in [6, 6.07) is 0. The van der Waals surface area contributed by atoms with Crippen LogP contribution >= 0.6 is 0 Å². The molecule has 0 aliphatic heterocycles. The molecule has 5 fully saturated rings. The van der Waals surface area contributed by atoms with E-state index in [1.54, 1.807) is 0 Å². The van der Waals surface area contributed by atoms with E-state index in [-0.39, 0.29) is 11.4 Å². The Morgan fingerprint density at radius 2 is 1.68 bits per heavy atom. The van der Waals surface area contributed by atoms with E-state index in [0.29, 0.717) is 12.0 Å². The van der Waals surface area contributed by atoms with Crippen molar-refractivity contribution in [2.24, 2.45) is 44.8 Å². The van der Waals surface area contributed by atoms with Gasteiger partial charge in [-0.05, 0) is 63.2 Å². The Balaban J connectivity index is 1.44. The summed E-state index contributed by atoms with van der Waals surface area (Å²) in [5.74, 6) is 2.44. The molecule has 5 rings (SSSR count). The molecule has 0 aromatic carbocycles. The molecule has 5 nitrogen and oxygen atoms in total. The molecule has 0 saturated heterocycles. The molecule has 5 heteroatoms. The van der Waals surface area contributed by atoms with Crippen molar-refractivity contribution in [3.63, 3.8) is 0 Å². The smallest absolute Gasteiger partial charge is 0.211 e. The Hall–Kier alpha value is -1.10. The molecular formula is C20H34N4O. The van der Waals surface area contributed by atoms with Crippen molar-refractivity contribution in [2.45, 2.75) is 83.2 Å². The number of ether oxygens (including phenoxy) is 1. The molecule has 140 valence electrons. The van der Waals surface area contributed by atoms with Crippen molar-refractivity contribution in [1.82, 2.24) is 0 Å². The third kappa shape index (κ3) is 3.71. The minimum Gasteiger partial charge on any atom is -0.378 e. The van der Waals surface area contributed by atoms with Gasteiger partial charge in [0, 0.05) is 17.9 Å². The fraction of sp³-hybridized carbons (Fsp3) is 0.900. The molecule has 4 atom stereocenters. The van der Waals surface area contributed by atoms with E-state index in [4.69, 9.17) is 16.2 Å². The van der Waals surface area contributed by atoms with Crippen LogP contribution in [0.2, 0.25) is 0 Å². The van der Waals surface area contributed by atoms with Crippen LogP contribution in [0.3, 0.4) is 0 Å². The molecule has 0 heterocycles. The monoisotopic (exact) mass is 346 g/mol. The second-order valence-corrected chi connectivity index (χ2v) is 9.07. The molecule has 5 aliphatic rings. The average molecular weight is 347 g/mol. The third-order valence-corrected chi connectivity index (χ3v) is 7.20. The Kier molecular flexibility index (Phi) is 5.03. The van der Waals surface area contributed by atoms with Gasteiger partial charge in [0.25, 0.3) is 0 Å². The first kappa shape index (κ1) is 17.3. The van der Waals surface area contributed by atoms with Crippen LogP contribution in [0.25, 0.3) is 0 Å². The molecule has 5 saturated carbocycles. The van der Waals surface area contributed by atoms with Gasteiger partial charge < -0.3 is 16.2 Å². The summed E-state index contributed by atoms with van der Waals surface area (Å²) >= 11 is 0. The van der Waals surface area contributed by atoms with Crippen molar-refractivity contribution in [3.05, 3.63) is 0 Å². The van der Waals surface area contributed by atoms with Crippen LogP contribution in [0.1, 0.15) is 77.0 Å². The second-order valence-electron chi connectivity index (χ2n) is 9.07. The van der Waals surface area contributed by atoms with Gasteiger partial charge in [-0.3, -0.25) is 0 Å². The van der Waals surface area contributed by atoms with Crippen LogP contribution in [-0.2, 0) is 4.74 Å². The van der Waals surface area contributed by atoms with Gasteiger partial charge in [-0.15, -0.1) is 5.10 Å². The van der Waals surface area contributed by atoms with Crippen molar-refractivity contribution in [3.8, 4) is 0 Å². The van der Waals surface area contributed by atoms with Gasteiger partial charge in [0.2, 0.25) is 5.96 Å². The molecule has 0 spiro atoms. The van der Waals surface area contributed by atoms with E-state index >= 15 is 0 Å². The summed E-state index contributed by atoms with van der Waals surface area (Å²) in [7, 11) is 0. The molecule has 0 amide bonds. The molecule has 5 aliphatic carbocycles. The number of nitrogens with zero attached hydrogens (tertiary/aromatic N) is 2. The normalized spacial score (nSPS) is 39.5. The summed E-state index contributed by atoms with van der Waals surface area (Å²) in [4.78, 5) is 0. The Morgan fingerprint density at radius 1 is 1.00 bits per heavy atom. The molecule has 2 unspecified atom stereocenters. The van der Waals surface area contributed by atoms with Gasteiger partial charge in [-0.1, -0.05) is 25.7 Å². The minimum absolute atomic E-state index is 0.0751. The highest BCUT2D eigenvalue weighted by Gasteiger charge is 2.55. The summed E-state index contributed by atoms with van der Waals surface area (Å²) in [6.45, 7) is 0.873. The number of rotatable bonds is 5.